The Labute approximate surface area is 186 Å². The van der Waals surface area contributed by atoms with Crippen molar-refractivity contribution >= 4 is 27.6 Å². The summed E-state index contributed by atoms with van der Waals surface area (Å²) in [6.45, 7) is 1.36. The highest BCUT2D eigenvalue weighted by Crippen LogP contribution is 2.34. The normalized spacial score (nSPS) is 20.1. The summed E-state index contributed by atoms with van der Waals surface area (Å²) in [4.78, 5) is 28.3. The fourth-order valence-corrected chi connectivity index (χ4v) is 5.85. The van der Waals surface area contributed by atoms with Crippen molar-refractivity contribution in [2.75, 3.05) is 37.7 Å². The number of fused-ring (bicyclic) bond motifs is 1. The van der Waals surface area contributed by atoms with Gasteiger partial charge in [0, 0.05) is 25.2 Å². The molecule has 0 N–H and O–H groups in total. The highest BCUT2D eigenvalue weighted by atomic mass is 32.2. The number of rotatable bonds is 4. The first-order chi connectivity index (χ1) is 15.4. The zero-order valence-corrected chi connectivity index (χ0v) is 18.2. The lowest BCUT2D eigenvalue weighted by Gasteiger charge is -2.35. The number of sulfonamides is 1. The zero-order chi connectivity index (χ0) is 22.3. The Morgan fingerprint density at radius 1 is 0.875 bits per heavy atom. The van der Waals surface area contributed by atoms with E-state index < -0.39 is 10.0 Å². The molecular formula is C22H23N3O6S. The van der Waals surface area contributed by atoms with Crippen LogP contribution in [0.2, 0.25) is 0 Å². The molecule has 0 unspecified atom stereocenters. The molecule has 0 atom stereocenters. The van der Waals surface area contributed by atoms with Gasteiger partial charge in [0.1, 0.15) is 19.8 Å². The molecule has 3 heterocycles. The number of hydrogen-bond acceptors (Lipinski definition) is 6. The van der Waals surface area contributed by atoms with Gasteiger partial charge in [-0.1, -0.05) is 18.2 Å². The van der Waals surface area contributed by atoms with Gasteiger partial charge >= 0.3 is 6.03 Å². The van der Waals surface area contributed by atoms with E-state index in [0.29, 0.717) is 43.2 Å². The van der Waals surface area contributed by atoms with Crippen LogP contribution in [-0.2, 0) is 14.8 Å². The van der Waals surface area contributed by atoms with Crippen molar-refractivity contribution in [1.82, 2.24) is 9.21 Å². The topological polar surface area (TPSA) is 96.5 Å². The van der Waals surface area contributed by atoms with Crippen molar-refractivity contribution in [3.63, 3.8) is 0 Å². The van der Waals surface area contributed by atoms with Gasteiger partial charge in [0.2, 0.25) is 10.0 Å². The van der Waals surface area contributed by atoms with E-state index in [0.717, 1.165) is 0 Å². The summed E-state index contributed by atoms with van der Waals surface area (Å²) in [6, 6.07) is 12.9. The number of benzene rings is 2. The van der Waals surface area contributed by atoms with Gasteiger partial charge in [-0.2, -0.15) is 4.31 Å². The lowest BCUT2D eigenvalue weighted by Crippen LogP contribution is -2.48. The van der Waals surface area contributed by atoms with Crippen molar-refractivity contribution in [2.45, 2.75) is 23.8 Å². The fraction of sp³-hybridized carbons (Fsp3) is 0.364. The third-order valence-corrected chi connectivity index (χ3v) is 7.92. The monoisotopic (exact) mass is 457 g/mol. The number of piperidine rings is 1. The molecule has 0 bridgehead atoms. The zero-order valence-electron chi connectivity index (χ0n) is 17.3. The average Bonchev–Trinajstić information content (AvgIpc) is 3.13. The van der Waals surface area contributed by atoms with Gasteiger partial charge in [-0.05, 0) is 37.1 Å². The predicted molar refractivity (Wildman–Crippen MR) is 115 cm³/mol. The van der Waals surface area contributed by atoms with E-state index in [9.17, 15) is 18.0 Å². The van der Waals surface area contributed by atoms with Crippen LogP contribution in [0.3, 0.4) is 0 Å². The molecule has 3 amide bonds. The van der Waals surface area contributed by atoms with E-state index in [-0.39, 0.29) is 42.5 Å². The van der Waals surface area contributed by atoms with E-state index in [4.69, 9.17) is 9.47 Å². The Morgan fingerprint density at radius 3 is 2.28 bits per heavy atom. The van der Waals surface area contributed by atoms with Gasteiger partial charge in [-0.3, -0.25) is 4.79 Å². The molecule has 2 fully saturated rings. The molecule has 2 aromatic carbocycles. The number of ether oxygens (including phenoxy) is 2. The number of amides is 3. The van der Waals surface area contributed by atoms with E-state index in [1.54, 1.807) is 35.2 Å². The summed E-state index contributed by atoms with van der Waals surface area (Å²) in [5, 5.41) is 0. The van der Waals surface area contributed by atoms with Crippen molar-refractivity contribution in [2.24, 2.45) is 0 Å². The van der Waals surface area contributed by atoms with E-state index in [1.165, 1.54) is 21.3 Å². The first-order valence-electron chi connectivity index (χ1n) is 10.5. The van der Waals surface area contributed by atoms with Crippen LogP contribution >= 0.6 is 0 Å². The number of anilines is 1. The lowest BCUT2D eigenvalue weighted by molar-refractivity contribution is -0.116. The Kier molecular flexibility index (Phi) is 5.26. The van der Waals surface area contributed by atoms with Crippen LogP contribution in [0.1, 0.15) is 12.8 Å². The highest BCUT2D eigenvalue weighted by Gasteiger charge is 2.42. The molecule has 0 spiro atoms. The van der Waals surface area contributed by atoms with Crippen molar-refractivity contribution < 1.29 is 27.5 Å². The molecule has 2 saturated heterocycles. The minimum atomic E-state index is -3.70. The second-order valence-electron chi connectivity index (χ2n) is 7.92. The van der Waals surface area contributed by atoms with Crippen LogP contribution in [0.4, 0.5) is 10.5 Å². The van der Waals surface area contributed by atoms with Crippen molar-refractivity contribution in [3.8, 4) is 11.5 Å². The van der Waals surface area contributed by atoms with Gasteiger partial charge in [-0.15, -0.1) is 0 Å². The number of para-hydroxylation sites is 1. The Balaban J connectivity index is 1.27. The Bertz CT molecular complexity index is 1150. The molecule has 0 saturated carbocycles. The molecule has 2 aromatic rings. The molecule has 3 aliphatic rings. The third-order valence-electron chi connectivity index (χ3n) is 6.02. The van der Waals surface area contributed by atoms with Gasteiger partial charge in [0.15, 0.2) is 11.5 Å². The first kappa shape index (κ1) is 20.8. The summed E-state index contributed by atoms with van der Waals surface area (Å²) in [7, 11) is -3.70. The Morgan fingerprint density at radius 2 is 1.56 bits per heavy atom. The molecule has 32 heavy (non-hydrogen) atoms. The molecule has 0 radical (unpaired) electrons. The minimum absolute atomic E-state index is 0.00725. The molecule has 3 aliphatic heterocycles. The van der Waals surface area contributed by atoms with Crippen molar-refractivity contribution in [1.29, 1.82) is 0 Å². The molecular weight excluding hydrogens is 434 g/mol. The summed E-state index contributed by atoms with van der Waals surface area (Å²) in [5.74, 6) is 0.691. The maximum Gasteiger partial charge on any atom is 0.332 e. The number of carbonyl (C=O) groups excluding carboxylic acids is 2. The van der Waals surface area contributed by atoms with Gasteiger partial charge in [-0.25, -0.2) is 18.1 Å². The molecule has 0 aromatic heterocycles. The number of carbonyl (C=O) groups is 2. The SMILES string of the molecule is O=C1CN(C2CCN(S(=O)(=O)c3ccc4c(c3)OCCO4)CC2)C(=O)N1c1ccccc1. The summed E-state index contributed by atoms with van der Waals surface area (Å²) in [5.41, 5.74) is 0.545. The number of urea groups is 1. The van der Waals surface area contributed by atoms with Crippen LogP contribution in [0, 0.1) is 0 Å². The second kappa shape index (κ2) is 8.10. The minimum Gasteiger partial charge on any atom is -0.486 e. The predicted octanol–water partition coefficient (Wildman–Crippen LogP) is 2.08. The molecule has 0 aliphatic carbocycles. The highest BCUT2D eigenvalue weighted by molar-refractivity contribution is 7.89. The fourth-order valence-electron chi connectivity index (χ4n) is 4.36. The summed E-state index contributed by atoms with van der Waals surface area (Å²) < 4.78 is 38.7. The first-order valence-corrected chi connectivity index (χ1v) is 12.0. The number of nitrogens with zero attached hydrogens (tertiary/aromatic N) is 3. The summed E-state index contributed by atoms with van der Waals surface area (Å²) in [6.07, 6.45) is 0.927. The van der Waals surface area contributed by atoms with Gasteiger partial charge < -0.3 is 14.4 Å². The van der Waals surface area contributed by atoms with Gasteiger partial charge in [0.05, 0.1) is 10.6 Å². The third kappa shape index (κ3) is 3.59. The lowest BCUT2D eigenvalue weighted by atomic mass is 10.1. The van der Waals surface area contributed by atoms with E-state index in [2.05, 4.69) is 0 Å². The molecule has 5 rings (SSSR count). The van der Waals surface area contributed by atoms with Crippen LogP contribution in [0.5, 0.6) is 11.5 Å². The van der Waals surface area contributed by atoms with Crippen LogP contribution < -0.4 is 14.4 Å². The number of imide groups is 1. The Hall–Kier alpha value is -3.11. The largest absolute Gasteiger partial charge is 0.486 e. The maximum absolute atomic E-state index is 13.1. The molecule has 9 nitrogen and oxygen atoms in total. The van der Waals surface area contributed by atoms with Crippen LogP contribution in [-0.4, -0.2) is 68.5 Å². The smallest absolute Gasteiger partial charge is 0.332 e. The van der Waals surface area contributed by atoms with E-state index >= 15 is 0 Å². The second-order valence-corrected chi connectivity index (χ2v) is 9.85. The molecule has 168 valence electrons. The summed E-state index contributed by atoms with van der Waals surface area (Å²) >= 11 is 0. The average molecular weight is 458 g/mol. The van der Waals surface area contributed by atoms with Crippen molar-refractivity contribution in [3.05, 3.63) is 48.5 Å². The number of hydrogen-bond donors (Lipinski definition) is 0. The van der Waals surface area contributed by atoms with Crippen LogP contribution in [0.25, 0.3) is 0 Å². The van der Waals surface area contributed by atoms with E-state index in [1.807, 2.05) is 6.07 Å². The quantitative estimate of drug-likeness (QED) is 0.653. The molecule has 10 heteroatoms. The standard InChI is InChI=1S/C22H23N3O6S/c26-21-15-24(22(27)25(21)17-4-2-1-3-5-17)16-8-10-23(11-9-16)32(28,29)18-6-7-19-20(14-18)31-13-12-30-19/h1-7,14,16H,8-13,15H2. The van der Waals surface area contributed by atoms with Gasteiger partial charge in [0.25, 0.3) is 5.91 Å². The maximum atomic E-state index is 13.1. The van der Waals surface area contributed by atoms with Crippen LogP contribution in [0.15, 0.2) is 53.4 Å².